The van der Waals surface area contributed by atoms with Gasteiger partial charge in [-0.15, -0.1) is 0 Å². The Bertz CT molecular complexity index is 672. The molecule has 1 unspecified atom stereocenters. The monoisotopic (exact) mass is 227 g/mol. The van der Waals surface area contributed by atoms with E-state index >= 15 is 0 Å². The average molecular weight is 227 g/mol. The molecule has 0 fully saturated rings. The normalized spacial score (nSPS) is 13.3. The molecule has 0 saturated carbocycles. The highest BCUT2D eigenvalue weighted by molar-refractivity contribution is 6.04. The number of nitrogens with one attached hydrogen (secondary N) is 1. The first-order chi connectivity index (χ1) is 8.29. The molecule has 2 N–H and O–H groups in total. The Hall–Kier alpha value is -1.84. The van der Waals surface area contributed by atoms with Gasteiger partial charge < -0.3 is 9.62 Å². The van der Waals surface area contributed by atoms with Crippen LogP contribution in [-0.2, 0) is 0 Å². The molecule has 0 bridgehead atoms. The van der Waals surface area contributed by atoms with Gasteiger partial charge in [0.1, 0.15) is 11.2 Å². The summed E-state index contributed by atoms with van der Waals surface area (Å²) in [4.78, 5) is 0. The molecule has 0 aliphatic heterocycles. The molecule has 3 heteroatoms. The second kappa shape index (κ2) is 3.87. The van der Waals surface area contributed by atoms with Crippen LogP contribution < -0.4 is 5.48 Å². The smallest absolute Gasteiger partial charge is 0.135 e. The number of rotatable bonds is 2. The van der Waals surface area contributed by atoms with Crippen molar-refractivity contribution < 1.29 is 9.62 Å². The van der Waals surface area contributed by atoms with Gasteiger partial charge in [-0.1, -0.05) is 24.3 Å². The molecule has 0 aliphatic carbocycles. The van der Waals surface area contributed by atoms with Gasteiger partial charge in [0.15, 0.2) is 0 Å². The Kier molecular flexibility index (Phi) is 2.35. The van der Waals surface area contributed by atoms with Gasteiger partial charge in [0, 0.05) is 10.8 Å². The van der Waals surface area contributed by atoms with Crippen LogP contribution in [0.25, 0.3) is 21.9 Å². The molecule has 0 aliphatic rings. The predicted octanol–water partition coefficient (Wildman–Crippen LogP) is 3.63. The van der Waals surface area contributed by atoms with Gasteiger partial charge in [0.25, 0.3) is 0 Å². The summed E-state index contributed by atoms with van der Waals surface area (Å²) in [5, 5.41) is 11.1. The van der Waals surface area contributed by atoms with E-state index in [0.717, 1.165) is 27.5 Å². The van der Waals surface area contributed by atoms with Gasteiger partial charge in [0.05, 0.1) is 6.04 Å². The van der Waals surface area contributed by atoms with Crippen molar-refractivity contribution in [2.45, 2.75) is 13.0 Å². The van der Waals surface area contributed by atoms with E-state index in [1.807, 2.05) is 43.3 Å². The number of fused-ring (bicyclic) bond motifs is 3. The summed E-state index contributed by atoms with van der Waals surface area (Å²) in [6, 6.07) is 13.8. The first-order valence-corrected chi connectivity index (χ1v) is 5.60. The summed E-state index contributed by atoms with van der Waals surface area (Å²) in [5.41, 5.74) is 5.06. The SMILES string of the molecule is CC(NO)c1ccc2oc3ccccc3c2c1. The fraction of sp³-hybridized carbons (Fsp3) is 0.143. The van der Waals surface area contributed by atoms with Crippen LogP contribution in [0.4, 0.5) is 0 Å². The maximum Gasteiger partial charge on any atom is 0.135 e. The fourth-order valence-corrected chi connectivity index (χ4v) is 2.09. The maximum absolute atomic E-state index is 8.95. The van der Waals surface area contributed by atoms with Crippen LogP contribution in [0.5, 0.6) is 0 Å². The number of hydroxylamine groups is 1. The van der Waals surface area contributed by atoms with E-state index in [1.165, 1.54) is 0 Å². The summed E-state index contributed by atoms with van der Waals surface area (Å²) in [6.07, 6.45) is 0. The summed E-state index contributed by atoms with van der Waals surface area (Å²) in [6.45, 7) is 1.91. The van der Waals surface area contributed by atoms with Crippen LogP contribution >= 0.6 is 0 Å². The molecule has 0 radical (unpaired) electrons. The maximum atomic E-state index is 8.95. The molecule has 3 nitrogen and oxygen atoms in total. The van der Waals surface area contributed by atoms with Gasteiger partial charge in [-0.3, -0.25) is 0 Å². The van der Waals surface area contributed by atoms with Crippen molar-refractivity contribution in [3.05, 3.63) is 48.0 Å². The minimum atomic E-state index is -0.0898. The zero-order valence-corrected chi connectivity index (χ0v) is 9.47. The number of benzene rings is 2. The third kappa shape index (κ3) is 1.60. The highest BCUT2D eigenvalue weighted by atomic mass is 16.5. The van der Waals surface area contributed by atoms with E-state index in [2.05, 4.69) is 11.5 Å². The van der Waals surface area contributed by atoms with Crippen molar-refractivity contribution in [2.24, 2.45) is 0 Å². The Morgan fingerprint density at radius 1 is 1.06 bits per heavy atom. The Labute approximate surface area is 98.6 Å². The molecule has 17 heavy (non-hydrogen) atoms. The minimum absolute atomic E-state index is 0.0898. The lowest BCUT2D eigenvalue weighted by Crippen LogP contribution is -2.12. The molecule has 0 amide bonds. The topological polar surface area (TPSA) is 45.4 Å². The van der Waals surface area contributed by atoms with Crippen LogP contribution in [0.15, 0.2) is 46.9 Å². The van der Waals surface area contributed by atoms with Crippen LogP contribution in [0.3, 0.4) is 0 Å². The number of para-hydroxylation sites is 1. The fourth-order valence-electron chi connectivity index (χ4n) is 2.09. The first-order valence-electron chi connectivity index (χ1n) is 5.60. The lowest BCUT2D eigenvalue weighted by atomic mass is 10.1. The lowest BCUT2D eigenvalue weighted by molar-refractivity contribution is 0.133. The summed E-state index contributed by atoms with van der Waals surface area (Å²) >= 11 is 0. The quantitative estimate of drug-likeness (QED) is 0.657. The average Bonchev–Trinajstić information content (AvgIpc) is 2.75. The van der Waals surface area contributed by atoms with Gasteiger partial charge in [-0.05, 0) is 30.7 Å². The molecule has 1 aromatic heterocycles. The number of furan rings is 1. The summed E-state index contributed by atoms with van der Waals surface area (Å²) in [7, 11) is 0. The minimum Gasteiger partial charge on any atom is -0.456 e. The molecule has 1 atom stereocenters. The van der Waals surface area contributed by atoms with Crippen LogP contribution in [0, 0.1) is 0 Å². The molecular weight excluding hydrogens is 214 g/mol. The second-order valence-electron chi connectivity index (χ2n) is 4.20. The van der Waals surface area contributed by atoms with Gasteiger partial charge >= 0.3 is 0 Å². The van der Waals surface area contributed by atoms with E-state index in [9.17, 15) is 0 Å². The van der Waals surface area contributed by atoms with E-state index in [4.69, 9.17) is 9.62 Å². The van der Waals surface area contributed by atoms with Crippen molar-refractivity contribution in [2.75, 3.05) is 0 Å². The number of hydrogen-bond acceptors (Lipinski definition) is 3. The third-order valence-corrected chi connectivity index (χ3v) is 3.09. The van der Waals surface area contributed by atoms with E-state index in [0.29, 0.717) is 0 Å². The highest BCUT2D eigenvalue weighted by Gasteiger charge is 2.09. The number of hydrogen-bond donors (Lipinski definition) is 2. The van der Waals surface area contributed by atoms with Crippen LogP contribution in [-0.4, -0.2) is 5.21 Å². The molecule has 3 aromatic rings. The Morgan fingerprint density at radius 3 is 2.65 bits per heavy atom. The molecule has 3 rings (SSSR count). The van der Waals surface area contributed by atoms with Crippen molar-refractivity contribution >= 4 is 21.9 Å². The third-order valence-electron chi connectivity index (χ3n) is 3.09. The standard InChI is InChI=1S/C14H13NO2/c1-9(15-16)10-6-7-14-12(8-10)11-4-2-3-5-13(11)17-14/h2-9,15-16H,1H3. The van der Waals surface area contributed by atoms with Crippen LogP contribution in [0.2, 0.25) is 0 Å². The zero-order chi connectivity index (χ0) is 11.8. The van der Waals surface area contributed by atoms with Gasteiger partial charge in [-0.2, -0.15) is 5.48 Å². The highest BCUT2D eigenvalue weighted by Crippen LogP contribution is 2.30. The molecular formula is C14H13NO2. The molecule has 1 heterocycles. The van der Waals surface area contributed by atoms with Gasteiger partial charge in [-0.25, -0.2) is 0 Å². The van der Waals surface area contributed by atoms with E-state index in [1.54, 1.807) is 0 Å². The molecule has 0 saturated heterocycles. The molecule has 0 spiro atoms. The Balaban J connectivity index is 2.30. The zero-order valence-electron chi connectivity index (χ0n) is 9.47. The first kappa shape index (κ1) is 10.3. The largest absolute Gasteiger partial charge is 0.456 e. The van der Waals surface area contributed by atoms with Crippen molar-refractivity contribution in [3.63, 3.8) is 0 Å². The van der Waals surface area contributed by atoms with Crippen molar-refractivity contribution in [1.29, 1.82) is 0 Å². The van der Waals surface area contributed by atoms with Crippen molar-refractivity contribution in [3.8, 4) is 0 Å². The van der Waals surface area contributed by atoms with Crippen molar-refractivity contribution in [1.82, 2.24) is 5.48 Å². The Morgan fingerprint density at radius 2 is 1.82 bits per heavy atom. The summed E-state index contributed by atoms with van der Waals surface area (Å²) < 4.78 is 5.74. The summed E-state index contributed by atoms with van der Waals surface area (Å²) in [5.74, 6) is 0. The second-order valence-corrected chi connectivity index (χ2v) is 4.20. The lowest BCUT2D eigenvalue weighted by Gasteiger charge is -2.08. The van der Waals surface area contributed by atoms with E-state index < -0.39 is 0 Å². The molecule has 86 valence electrons. The van der Waals surface area contributed by atoms with Crippen LogP contribution in [0.1, 0.15) is 18.5 Å². The predicted molar refractivity (Wildman–Crippen MR) is 67.1 cm³/mol. The van der Waals surface area contributed by atoms with E-state index in [-0.39, 0.29) is 6.04 Å². The molecule has 2 aromatic carbocycles. The van der Waals surface area contributed by atoms with Gasteiger partial charge in [0.2, 0.25) is 0 Å².